The number of rotatable bonds is 7. The molecule has 146 valence electrons. The Bertz CT molecular complexity index is 778. The van der Waals surface area contributed by atoms with Crippen molar-refractivity contribution in [1.82, 2.24) is 15.2 Å². The molecule has 0 aliphatic carbocycles. The van der Waals surface area contributed by atoms with E-state index in [0.717, 1.165) is 36.2 Å². The zero-order valence-corrected chi connectivity index (χ0v) is 16.4. The molecule has 6 nitrogen and oxygen atoms in total. The maximum atomic E-state index is 12.2. The molecule has 27 heavy (non-hydrogen) atoms. The molecule has 1 aliphatic rings. The van der Waals surface area contributed by atoms with Gasteiger partial charge in [0.05, 0.1) is 12.7 Å². The van der Waals surface area contributed by atoms with Crippen LogP contribution in [-0.4, -0.2) is 61.3 Å². The summed E-state index contributed by atoms with van der Waals surface area (Å²) in [4.78, 5) is 19.1. The molecule has 1 aliphatic heterocycles. The SMILES string of the molecule is Cc1ccc2cccc(OCC(=O)NCC3CN(CC(C)C)CCO3)c2n1. The first-order valence-electron chi connectivity index (χ1n) is 9.61. The summed E-state index contributed by atoms with van der Waals surface area (Å²) in [6.45, 7) is 10.4. The van der Waals surface area contributed by atoms with Gasteiger partial charge in [-0.2, -0.15) is 0 Å². The van der Waals surface area contributed by atoms with Gasteiger partial charge in [-0.25, -0.2) is 4.98 Å². The van der Waals surface area contributed by atoms with Crippen molar-refractivity contribution in [1.29, 1.82) is 0 Å². The summed E-state index contributed by atoms with van der Waals surface area (Å²) in [5.41, 5.74) is 1.70. The molecule has 1 amide bonds. The van der Waals surface area contributed by atoms with Crippen molar-refractivity contribution >= 4 is 16.8 Å². The maximum Gasteiger partial charge on any atom is 0.258 e. The van der Waals surface area contributed by atoms with E-state index in [-0.39, 0.29) is 18.6 Å². The molecule has 0 radical (unpaired) electrons. The Balaban J connectivity index is 1.48. The van der Waals surface area contributed by atoms with Crippen LogP contribution in [0.1, 0.15) is 19.5 Å². The number of carbonyl (C=O) groups is 1. The topological polar surface area (TPSA) is 63.7 Å². The summed E-state index contributed by atoms with van der Waals surface area (Å²) < 4.78 is 11.5. The van der Waals surface area contributed by atoms with Crippen LogP contribution in [0.4, 0.5) is 0 Å². The average Bonchev–Trinajstić information content (AvgIpc) is 2.64. The Morgan fingerprint density at radius 2 is 2.22 bits per heavy atom. The van der Waals surface area contributed by atoms with Gasteiger partial charge < -0.3 is 14.8 Å². The van der Waals surface area contributed by atoms with Crippen molar-refractivity contribution in [3.63, 3.8) is 0 Å². The number of aryl methyl sites for hydroxylation is 1. The van der Waals surface area contributed by atoms with Gasteiger partial charge in [-0.1, -0.05) is 32.0 Å². The van der Waals surface area contributed by atoms with Gasteiger partial charge in [0.1, 0.15) is 11.3 Å². The smallest absolute Gasteiger partial charge is 0.258 e. The number of pyridine rings is 1. The predicted molar refractivity (Wildman–Crippen MR) is 106 cm³/mol. The number of morpholine rings is 1. The molecule has 1 unspecified atom stereocenters. The van der Waals surface area contributed by atoms with Gasteiger partial charge in [0.15, 0.2) is 6.61 Å². The molecule has 0 bridgehead atoms. The number of fused-ring (bicyclic) bond motifs is 1. The van der Waals surface area contributed by atoms with E-state index in [2.05, 4.69) is 29.0 Å². The summed E-state index contributed by atoms with van der Waals surface area (Å²) in [6.07, 6.45) is 0.0309. The molecule has 1 fully saturated rings. The minimum atomic E-state index is -0.149. The number of nitrogens with zero attached hydrogens (tertiary/aromatic N) is 2. The molecule has 0 spiro atoms. The Labute approximate surface area is 160 Å². The van der Waals surface area contributed by atoms with E-state index >= 15 is 0 Å². The van der Waals surface area contributed by atoms with Crippen LogP contribution in [0.25, 0.3) is 10.9 Å². The fourth-order valence-corrected chi connectivity index (χ4v) is 3.34. The van der Waals surface area contributed by atoms with E-state index in [1.54, 1.807) is 0 Å². The summed E-state index contributed by atoms with van der Waals surface area (Å²) in [5.74, 6) is 1.11. The van der Waals surface area contributed by atoms with Gasteiger partial charge >= 0.3 is 0 Å². The largest absolute Gasteiger partial charge is 0.481 e. The van der Waals surface area contributed by atoms with Crippen molar-refractivity contribution in [2.24, 2.45) is 5.92 Å². The van der Waals surface area contributed by atoms with E-state index < -0.39 is 0 Å². The van der Waals surface area contributed by atoms with Gasteiger partial charge in [0.25, 0.3) is 5.91 Å². The first-order chi connectivity index (χ1) is 13.0. The lowest BCUT2D eigenvalue weighted by Crippen LogP contribution is -2.48. The number of para-hydroxylation sites is 1. The van der Waals surface area contributed by atoms with Gasteiger partial charge in [-0.05, 0) is 25.0 Å². The molecular formula is C21H29N3O3. The van der Waals surface area contributed by atoms with Crippen LogP contribution in [-0.2, 0) is 9.53 Å². The highest BCUT2D eigenvalue weighted by Crippen LogP contribution is 2.23. The van der Waals surface area contributed by atoms with E-state index in [9.17, 15) is 4.79 Å². The van der Waals surface area contributed by atoms with Crippen LogP contribution >= 0.6 is 0 Å². The molecular weight excluding hydrogens is 342 g/mol. The van der Waals surface area contributed by atoms with E-state index in [1.807, 2.05) is 37.3 Å². The summed E-state index contributed by atoms with van der Waals surface area (Å²) in [7, 11) is 0. The van der Waals surface area contributed by atoms with Gasteiger partial charge in [0.2, 0.25) is 0 Å². The zero-order valence-electron chi connectivity index (χ0n) is 16.4. The van der Waals surface area contributed by atoms with Crippen LogP contribution in [0.5, 0.6) is 5.75 Å². The highest BCUT2D eigenvalue weighted by atomic mass is 16.5. The van der Waals surface area contributed by atoms with Crippen molar-refractivity contribution < 1.29 is 14.3 Å². The number of ether oxygens (including phenoxy) is 2. The number of carbonyl (C=O) groups excluding carboxylic acids is 1. The Morgan fingerprint density at radius 1 is 1.37 bits per heavy atom. The monoisotopic (exact) mass is 371 g/mol. The average molecular weight is 371 g/mol. The Hall–Kier alpha value is -2.18. The van der Waals surface area contributed by atoms with Crippen molar-refractivity contribution in [3.05, 3.63) is 36.0 Å². The maximum absolute atomic E-state index is 12.2. The molecule has 0 saturated carbocycles. The van der Waals surface area contributed by atoms with Crippen LogP contribution < -0.4 is 10.1 Å². The van der Waals surface area contributed by atoms with Crippen LogP contribution in [0.15, 0.2) is 30.3 Å². The van der Waals surface area contributed by atoms with Crippen LogP contribution in [0.3, 0.4) is 0 Å². The standard InChI is InChI=1S/C21H29N3O3/c1-15(2)12-24-9-10-26-18(13-24)11-22-20(25)14-27-19-6-4-5-17-8-7-16(3)23-21(17)19/h4-8,15,18H,9-14H2,1-3H3,(H,22,25). The van der Waals surface area contributed by atoms with Gasteiger partial charge in [-0.3, -0.25) is 9.69 Å². The number of hydrogen-bond donors (Lipinski definition) is 1. The summed E-state index contributed by atoms with van der Waals surface area (Å²) >= 11 is 0. The molecule has 1 atom stereocenters. The predicted octanol–water partition coefficient (Wildman–Crippen LogP) is 2.40. The quantitative estimate of drug-likeness (QED) is 0.810. The van der Waals surface area contributed by atoms with Gasteiger partial charge in [-0.15, -0.1) is 0 Å². The van der Waals surface area contributed by atoms with Gasteiger partial charge in [0, 0.05) is 37.3 Å². The second-order valence-corrected chi connectivity index (χ2v) is 7.52. The molecule has 1 N–H and O–H groups in total. The third-order valence-electron chi connectivity index (χ3n) is 4.55. The first kappa shape index (κ1) is 19.6. The third-order valence-corrected chi connectivity index (χ3v) is 4.55. The lowest BCUT2D eigenvalue weighted by Gasteiger charge is -2.33. The van der Waals surface area contributed by atoms with E-state index in [0.29, 0.717) is 24.8 Å². The zero-order chi connectivity index (χ0) is 19.2. The Kier molecular flexibility index (Phi) is 6.63. The lowest BCUT2D eigenvalue weighted by atomic mass is 10.2. The van der Waals surface area contributed by atoms with Crippen LogP contribution in [0, 0.1) is 12.8 Å². The fourth-order valence-electron chi connectivity index (χ4n) is 3.34. The second kappa shape index (κ2) is 9.15. The highest BCUT2D eigenvalue weighted by Gasteiger charge is 2.21. The summed E-state index contributed by atoms with van der Waals surface area (Å²) in [5, 5.41) is 3.92. The Morgan fingerprint density at radius 3 is 3.04 bits per heavy atom. The highest BCUT2D eigenvalue weighted by molar-refractivity contribution is 5.85. The molecule has 2 heterocycles. The first-order valence-corrected chi connectivity index (χ1v) is 9.61. The molecule has 1 aromatic carbocycles. The number of nitrogens with one attached hydrogen (secondary N) is 1. The number of aromatic nitrogens is 1. The molecule has 2 aromatic rings. The number of benzene rings is 1. The van der Waals surface area contributed by atoms with Crippen molar-refractivity contribution in [2.75, 3.05) is 39.4 Å². The molecule has 3 rings (SSSR count). The molecule has 1 aromatic heterocycles. The summed E-state index contributed by atoms with van der Waals surface area (Å²) in [6, 6.07) is 9.71. The fraction of sp³-hybridized carbons (Fsp3) is 0.524. The number of hydrogen-bond acceptors (Lipinski definition) is 5. The minimum Gasteiger partial charge on any atom is -0.481 e. The van der Waals surface area contributed by atoms with Crippen LogP contribution in [0.2, 0.25) is 0 Å². The minimum absolute atomic E-state index is 0.0306. The molecule has 1 saturated heterocycles. The second-order valence-electron chi connectivity index (χ2n) is 7.52. The number of amides is 1. The van der Waals surface area contributed by atoms with Crippen molar-refractivity contribution in [2.45, 2.75) is 26.9 Å². The van der Waals surface area contributed by atoms with Crippen molar-refractivity contribution in [3.8, 4) is 5.75 Å². The third kappa shape index (κ3) is 5.65. The molecule has 6 heteroatoms. The normalized spacial score (nSPS) is 18.0. The van der Waals surface area contributed by atoms with E-state index in [4.69, 9.17) is 9.47 Å². The lowest BCUT2D eigenvalue weighted by molar-refractivity contribution is -0.124. The van der Waals surface area contributed by atoms with E-state index in [1.165, 1.54) is 0 Å².